The van der Waals surface area contributed by atoms with Gasteiger partial charge in [-0.3, -0.25) is 14.3 Å². The maximum absolute atomic E-state index is 14.2. The van der Waals surface area contributed by atoms with Gasteiger partial charge in [0.15, 0.2) is 5.69 Å². The van der Waals surface area contributed by atoms with Crippen LogP contribution < -0.4 is 0 Å². The Hall–Kier alpha value is -2.89. The van der Waals surface area contributed by atoms with Crippen molar-refractivity contribution in [1.29, 1.82) is 0 Å². The minimum absolute atomic E-state index is 0.0188. The molecule has 4 heterocycles. The highest BCUT2D eigenvalue weighted by Gasteiger charge is 2.47. The lowest BCUT2D eigenvalue weighted by Gasteiger charge is -2.25. The topological polar surface area (TPSA) is 98.4 Å². The second-order valence-corrected chi connectivity index (χ2v) is 7.41. The summed E-state index contributed by atoms with van der Waals surface area (Å²) in [4.78, 5) is 28.2. The van der Waals surface area contributed by atoms with E-state index < -0.39 is 30.8 Å². The van der Waals surface area contributed by atoms with Crippen LogP contribution in [0, 0.1) is 0 Å². The third kappa shape index (κ3) is 4.04. The molecular formula is C18H23F2N7O3. The fourth-order valence-corrected chi connectivity index (χ4v) is 3.84. The molecule has 2 aliphatic heterocycles. The SMILES string of the molecule is CCn1nccc1C(=O)N1CC(F)(F)CC1Cn1cc(C(=O)N2CCOCC2)nn1. The lowest BCUT2D eigenvalue weighted by Crippen LogP contribution is -2.41. The number of morpholine rings is 1. The minimum Gasteiger partial charge on any atom is -0.378 e. The van der Waals surface area contributed by atoms with Gasteiger partial charge < -0.3 is 14.5 Å². The second kappa shape index (κ2) is 8.09. The molecule has 0 N–H and O–H groups in total. The number of hydrogen-bond donors (Lipinski definition) is 0. The van der Waals surface area contributed by atoms with Crippen LogP contribution in [0.3, 0.4) is 0 Å². The Labute approximate surface area is 171 Å². The third-order valence-corrected chi connectivity index (χ3v) is 5.33. The summed E-state index contributed by atoms with van der Waals surface area (Å²) in [5, 5.41) is 11.9. The lowest BCUT2D eigenvalue weighted by atomic mass is 10.2. The maximum Gasteiger partial charge on any atom is 0.276 e. The van der Waals surface area contributed by atoms with E-state index in [9.17, 15) is 18.4 Å². The monoisotopic (exact) mass is 423 g/mol. The van der Waals surface area contributed by atoms with Crippen molar-refractivity contribution in [1.82, 2.24) is 34.6 Å². The van der Waals surface area contributed by atoms with E-state index in [1.54, 1.807) is 4.90 Å². The molecule has 12 heteroatoms. The van der Waals surface area contributed by atoms with Gasteiger partial charge in [0, 0.05) is 32.3 Å². The zero-order valence-corrected chi connectivity index (χ0v) is 16.6. The van der Waals surface area contributed by atoms with Crippen molar-refractivity contribution in [3.63, 3.8) is 0 Å². The van der Waals surface area contributed by atoms with Crippen molar-refractivity contribution >= 4 is 11.8 Å². The van der Waals surface area contributed by atoms with Gasteiger partial charge in [-0.05, 0) is 13.0 Å². The smallest absolute Gasteiger partial charge is 0.276 e. The summed E-state index contributed by atoms with van der Waals surface area (Å²) in [6, 6.07) is 0.745. The number of carbonyl (C=O) groups is 2. The first-order valence-corrected chi connectivity index (χ1v) is 9.86. The highest BCUT2D eigenvalue weighted by Crippen LogP contribution is 2.33. The Balaban J connectivity index is 1.49. The summed E-state index contributed by atoms with van der Waals surface area (Å²) in [5.74, 6) is -3.77. The van der Waals surface area contributed by atoms with Crippen LogP contribution in [-0.2, 0) is 17.8 Å². The summed E-state index contributed by atoms with van der Waals surface area (Å²) >= 11 is 0. The van der Waals surface area contributed by atoms with Crippen molar-refractivity contribution in [2.75, 3.05) is 32.8 Å². The maximum atomic E-state index is 14.2. The molecule has 0 spiro atoms. The number of carbonyl (C=O) groups excluding carboxylic acids is 2. The Morgan fingerprint density at radius 1 is 1.27 bits per heavy atom. The zero-order valence-electron chi connectivity index (χ0n) is 16.6. The number of nitrogens with zero attached hydrogens (tertiary/aromatic N) is 7. The summed E-state index contributed by atoms with van der Waals surface area (Å²) in [6.07, 6.45) is 2.43. The van der Waals surface area contributed by atoms with Gasteiger partial charge in [-0.1, -0.05) is 5.21 Å². The summed E-state index contributed by atoms with van der Waals surface area (Å²) in [5.41, 5.74) is 0.408. The highest BCUT2D eigenvalue weighted by atomic mass is 19.3. The normalized spacial score (nSPS) is 21.2. The fourth-order valence-electron chi connectivity index (χ4n) is 3.84. The van der Waals surface area contributed by atoms with E-state index >= 15 is 0 Å². The Bertz CT molecular complexity index is 923. The molecule has 2 aromatic heterocycles. The number of halogens is 2. The van der Waals surface area contributed by atoms with Crippen molar-refractivity contribution in [2.24, 2.45) is 0 Å². The van der Waals surface area contributed by atoms with Crippen molar-refractivity contribution in [2.45, 2.75) is 38.4 Å². The van der Waals surface area contributed by atoms with Crippen LogP contribution in [0.2, 0.25) is 0 Å². The van der Waals surface area contributed by atoms with Crippen LogP contribution in [-0.4, -0.2) is 91.2 Å². The molecule has 0 radical (unpaired) electrons. The van der Waals surface area contributed by atoms with Gasteiger partial charge in [-0.25, -0.2) is 13.5 Å². The molecular weight excluding hydrogens is 400 g/mol. The number of ether oxygens (including phenoxy) is 1. The van der Waals surface area contributed by atoms with Crippen LogP contribution >= 0.6 is 0 Å². The van der Waals surface area contributed by atoms with Crippen LogP contribution in [0.1, 0.15) is 34.3 Å². The van der Waals surface area contributed by atoms with E-state index in [-0.39, 0.29) is 23.8 Å². The Kier molecular flexibility index (Phi) is 5.50. The lowest BCUT2D eigenvalue weighted by molar-refractivity contribution is 0.0116. The number of aromatic nitrogens is 5. The van der Waals surface area contributed by atoms with E-state index in [1.165, 1.54) is 27.8 Å². The first-order valence-electron chi connectivity index (χ1n) is 9.86. The number of alkyl halides is 2. The molecule has 4 rings (SSSR count). The third-order valence-electron chi connectivity index (χ3n) is 5.33. The average molecular weight is 423 g/mol. The fraction of sp³-hybridized carbons (Fsp3) is 0.611. The molecule has 0 bridgehead atoms. The predicted octanol–water partition coefficient (Wildman–Crippen LogP) is 0.517. The molecule has 0 aliphatic carbocycles. The van der Waals surface area contributed by atoms with Crippen LogP contribution in [0.15, 0.2) is 18.5 Å². The van der Waals surface area contributed by atoms with Crippen LogP contribution in [0.25, 0.3) is 0 Å². The van der Waals surface area contributed by atoms with Crippen molar-refractivity contribution < 1.29 is 23.1 Å². The van der Waals surface area contributed by atoms with Gasteiger partial charge in [0.25, 0.3) is 17.7 Å². The van der Waals surface area contributed by atoms with Gasteiger partial charge in [0.05, 0.1) is 38.5 Å². The average Bonchev–Trinajstić information content (AvgIpc) is 3.46. The summed E-state index contributed by atoms with van der Waals surface area (Å²) in [6.45, 7) is 3.48. The van der Waals surface area contributed by atoms with Crippen LogP contribution in [0.5, 0.6) is 0 Å². The number of aryl methyl sites for hydroxylation is 1. The van der Waals surface area contributed by atoms with Gasteiger partial charge in [0.2, 0.25) is 0 Å². The Morgan fingerprint density at radius 2 is 2.03 bits per heavy atom. The van der Waals surface area contributed by atoms with Gasteiger partial charge in [-0.15, -0.1) is 5.10 Å². The zero-order chi connectivity index (χ0) is 21.3. The Morgan fingerprint density at radius 3 is 2.77 bits per heavy atom. The molecule has 2 fully saturated rings. The van der Waals surface area contributed by atoms with E-state index in [0.29, 0.717) is 32.8 Å². The quantitative estimate of drug-likeness (QED) is 0.695. The molecule has 0 aromatic carbocycles. The molecule has 2 saturated heterocycles. The predicted molar refractivity (Wildman–Crippen MR) is 99.0 cm³/mol. The van der Waals surface area contributed by atoms with Gasteiger partial charge in [0.1, 0.15) is 5.69 Å². The molecule has 0 saturated carbocycles. The largest absolute Gasteiger partial charge is 0.378 e. The molecule has 1 atom stereocenters. The number of likely N-dealkylation sites (tertiary alicyclic amines) is 1. The molecule has 10 nitrogen and oxygen atoms in total. The molecule has 2 aliphatic rings. The van der Waals surface area contributed by atoms with E-state index in [1.807, 2.05) is 6.92 Å². The van der Waals surface area contributed by atoms with Gasteiger partial charge >= 0.3 is 0 Å². The number of amides is 2. The molecule has 162 valence electrons. The molecule has 2 aromatic rings. The van der Waals surface area contributed by atoms with E-state index in [2.05, 4.69) is 15.4 Å². The second-order valence-electron chi connectivity index (χ2n) is 7.41. The summed E-state index contributed by atoms with van der Waals surface area (Å²) < 4.78 is 36.4. The first-order chi connectivity index (χ1) is 14.4. The number of hydrogen-bond acceptors (Lipinski definition) is 6. The van der Waals surface area contributed by atoms with E-state index in [0.717, 1.165) is 4.90 Å². The van der Waals surface area contributed by atoms with Crippen LogP contribution in [0.4, 0.5) is 8.78 Å². The molecule has 1 unspecified atom stereocenters. The minimum atomic E-state index is -3.00. The molecule has 2 amide bonds. The first kappa shape index (κ1) is 20.4. The van der Waals surface area contributed by atoms with Crippen molar-refractivity contribution in [3.8, 4) is 0 Å². The van der Waals surface area contributed by atoms with E-state index in [4.69, 9.17) is 4.74 Å². The highest BCUT2D eigenvalue weighted by molar-refractivity contribution is 5.93. The van der Waals surface area contributed by atoms with Gasteiger partial charge in [-0.2, -0.15) is 5.10 Å². The molecule has 30 heavy (non-hydrogen) atoms. The number of rotatable bonds is 5. The standard InChI is InChI=1S/C18H23F2N7O3/c1-2-27-15(3-4-21-27)17(29)26-12-18(19,20)9-13(26)10-25-11-14(22-23-25)16(28)24-5-7-30-8-6-24/h3-4,11,13H,2,5-10,12H2,1H3. The van der Waals surface area contributed by atoms with Crippen molar-refractivity contribution in [3.05, 3.63) is 29.8 Å². The summed E-state index contributed by atoms with van der Waals surface area (Å²) in [7, 11) is 0.